The second kappa shape index (κ2) is 3.18. The molecule has 13 heavy (non-hydrogen) atoms. The van der Waals surface area contributed by atoms with Crippen LogP contribution in [-0.2, 0) is 0 Å². The Morgan fingerprint density at radius 1 is 1.38 bits per heavy atom. The van der Waals surface area contributed by atoms with Gasteiger partial charge in [0.2, 0.25) is 0 Å². The molecule has 0 amide bonds. The molecule has 64 valence electrons. The Morgan fingerprint density at radius 2 is 2.31 bits per heavy atom. The summed E-state index contributed by atoms with van der Waals surface area (Å²) in [6.07, 6.45) is 5.63. The highest BCUT2D eigenvalue weighted by atomic mass is 16.1. The number of hydrogen-bond acceptors (Lipinski definition) is 3. The van der Waals surface area contributed by atoms with Crippen LogP contribution in [0.5, 0.6) is 0 Å². The maximum absolute atomic E-state index is 10.5. The van der Waals surface area contributed by atoms with E-state index in [1.165, 1.54) is 6.20 Å². The summed E-state index contributed by atoms with van der Waals surface area (Å²) in [6.45, 7) is 0. The lowest BCUT2D eigenvalue weighted by molar-refractivity contribution is 0.112. The fourth-order valence-corrected chi connectivity index (χ4v) is 1.09. The molecular formula is C9H7N3O. The maximum Gasteiger partial charge on any atom is 0.151 e. The summed E-state index contributed by atoms with van der Waals surface area (Å²) in [4.78, 5) is 14.4. The molecule has 0 unspecified atom stereocenters. The normalized spacial score (nSPS) is 9.85. The van der Waals surface area contributed by atoms with E-state index in [1.807, 2.05) is 6.07 Å². The molecule has 0 aliphatic carbocycles. The van der Waals surface area contributed by atoms with Crippen LogP contribution in [0.1, 0.15) is 10.4 Å². The average Bonchev–Trinajstić information content (AvgIpc) is 2.71. The highest BCUT2D eigenvalue weighted by molar-refractivity contribution is 5.77. The predicted molar refractivity (Wildman–Crippen MR) is 47.2 cm³/mol. The van der Waals surface area contributed by atoms with Crippen LogP contribution < -0.4 is 0 Å². The molecule has 2 rings (SSSR count). The lowest BCUT2D eigenvalue weighted by Gasteiger charge is -1.96. The van der Waals surface area contributed by atoms with Gasteiger partial charge in [-0.15, -0.1) is 0 Å². The Labute approximate surface area is 74.6 Å². The minimum absolute atomic E-state index is 0.562. The van der Waals surface area contributed by atoms with Gasteiger partial charge < -0.3 is 0 Å². The van der Waals surface area contributed by atoms with Crippen molar-refractivity contribution in [2.45, 2.75) is 0 Å². The Balaban J connectivity index is 2.47. The van der Waals surface area contributed by atoms with Crippen molar-refractivity contribution in [3.8, 4) is 11.3 Å². The SMILES string of the molecule is O=Cc1cncc(-c2ccn[nH]2)c1. The van der Waals surface area contributed by atoms with E-state index >= 15 is 0 Å². The van der Waals surface area contributed by atoms with Crippen LogP contribution in [-0.4, -0.2) is 21.5 Å². The Bertz CT molecular complexity index is 409. The number of aromatic nitrogens is 3. The van der Waals surface area contributed by atoms with Crippen LogP contribution in [0.15, 0.2) is 30.7 Å². The smallest absolute Gasteiger partial charge is 0.151 e. The number of aromatic amines is 1. The largest absolute Gasteiger partial charge is 0.298 e. The van der Waals surface area contributed by atoms with Crippen LogP contribution in [0.4, 0.5) is 0 Å². The molecule has 0 fully saturated rings. The minimum Gasteiger partial charge on any atom is -0.298 e. The molecule has 0 spiro atoms. The number of nitrogens with zero attached hydrogens (tertiary/aromatic N) is 2. The van der Waals surface area contributed by atoms with Gasteiger partial charge in [0, 0.05) is 29.7 Å². The molecule has 4 nitrogen and oxygen atoms in total. The van der Waals surface area contributed by atoms with Gasteiger partial charge in [-0.25, -0.2) is 0 Å². The fraction of sp³-hybridized carbons (Fsp3) is 0. The van der Waals surface area contributed by atoms with Gasteiger partial charge in [-0.3, -0.25) is 14.9 Å². The molecule has 4 heteroatoms. The Morgan fingerprint density at radius 3 is 3.00 bits per heavy atom. The van der Waals surface area contributed by atoms with Crippen LogP contribution in [0.2, 0.25) is 0 Å². The summed E-state index contributed by atoms with van der Waals surface area (Å²) in [5, 5.41) is 6.61. The zero-order valence-electron chi connectivity index (χ0n) is 6.77. The number of carbonyl (C=O) groups is 1. The van der Waals surface area contributed by atoms with Gasteiger partial charge >= 0.3 is 0 Å². The number of nitrogens with one attached hydrogen (secondary N) is 1. The van der Waals surface area contributed by atoms with E-state index in [-0.39, 0.29) is 0 Å². The molecule has 0 bridgehead atoms. The second-order valence-electron chi connectivity index (χ2n) is 2.60. The van der Waals surface area contributed by atoms with Crippen molar-refractivity contribution in [1.29, 1.82) is 0 Å². The van der Waals surface area contributed by atoms with E-state index in [0.717, 1.165) is 17.5 Å². The minimum atomic E-state index is 0.562. The van der Waals surface area contributed by atoms with Gasteiger partial charge in [0.1, 0.15) is 0 Å². The van der Waals surface area contributed by atoms with Crippen molar-refractivity contribution in [1.82, 2.24) is 15.2 Å². The lowest BCUT2D eigenvalue weighted by atomic mass is 10.2. The molecule has 0 aromatic carbocycles. The molecule has 0 aliphatic heterocycles. The zero-order valence-corrected chi connectivity index (χ0v) is 6.77. The third kappa shape index (κ3) is 1.46. The third-order valence-corrected chi connectivity index (χ3v) is 1.71. The van der Waals surface area contributed by atoms with Gasteiger partial charge in [-0.1, -0.05) is 0 Å². The number of hydrogen-bond donors (Lipinski definition) is 1. The number of pyridine rings is 1. The van der Waals surface area contributed by atoms with Crippen molar-refractivity contribution in [3.63, 3.8) is 0 Å². The summed E-state index contributed by atoms with van der Waals surface area (Å²) in [5.41, 5.74) is 2.28. The molecule has 2 heterocycles. The van der Waals surface area contributed by atoms with E-state index in [1.54, 1.807) is 18.5 Å². The highest BCUT2D eigenvalue weighted by Crippen LogP contribution is 2.14. The van der Waals surface area contributed by atoms with Gasteiger partial charge in [0.25, 0.3) is 0 Å². The van der Waals surface area contributed by atoms with E-state index in [2.05, 4.69) is 15.2 Å². The monoisotopic (exact) mass is 173 g/mol. The summed E-state index contributed by atoms with van der Waals surface area (Å²) < 4.78 is 0. The van der Waals surface area contributed by atoms with Crippen LogP contribution in [0, 0.1) is 0 Å². The third-order valence-electron chi connectivity index (χ3n) is 1.71. The lowest BCUT2D eigenvalue weighted by Crippen LogP contribution is -1.85. The van der Waals surface area contributed by atoms with Crippen LogP contribution >= 0.6 is 0 Å². The molecule has 2 aromatic rings. The quantitative estimate of drug-likeness (QED) is 0.696. The van der Waals surface area contributed by atoms with Gasteiger partial charge in [0.05, 0.1) is 5.69 Å². The second-order valence-corrected chi connectivity index (χ2v) is 2.60. The van der Waals surface area contributed by atoms with Gasteiger partial charge in [-0.2, -0.15) is 5.10 Å². The van der Waals surface area contributed by atoms with E-state index < -0.39 is 0 Å². The van der Waals surface area contributed by atoms with Crippen molar-refractivity contribution in [2.75, 3.05) is 0 Å². The molecule has 0 aliphatic rings. The fourth-order valence-electron chi connectivity index (χ4n) is 1.09. The standard InChI is InChI=1S/C9H7N3O/c13-6-7-3-8(5-10-4-7)9-1-2-11-12-9/h1-6H,(H,11,12). The summed E-state index contributed by atoms with van der Waals surface area (Å²) in [7, 11) is 0. The Kier molecular flexibility index (Phi) is 1.88. The van der Waals surface area contributed by atoms with Gasteiger partial charge in [-0.05, 0) is 12.1 Å². The van der Waals surface area contributed by atoms with E-state index in [0.29, 0.717) is 5.56 Å². The predicted octanol–water partition coefficient (Wildman–Crippen LogP) is 1.28. The molecule has 0 saturated carbocycles. The van der Waals surface area contributed by atoms with Crippen LogP contribution in [0.25, 0.3) is 11.3 Å². The molecule has 2 aromatic heterocycles. The van der Waals surface area contributed by atoms with Crippen molar-refractivity contribution >= 4 is 6.29 Å². The first kappa shape index (κ1) is 7.67. The van der Waals surface area contributed by atoms with Crippen molar-refractivity contribution < 1.29 is 4.79 Å². The Hall–Kier alpha value is -1.97. The molecule has 0 saturated heterocycles. The topological polar surface area (TPSA) is 58.6 Å². The van der Waals surface area contributed by atoms with E-state index in [9.17, 15) is 4.79 Å². The first-order chi connectivity index (χ1) is 6.40. The number of carbonyl (C=O) groups excluding carboxylic acids is 1. The number of H-pyrrole nitrogens is 1. The number of aldehydes is 1. The average molecular weight is 173 g/mol. The van der Waals surface area contributed by atoms with Gasteiger partial charge in [0.15, 0.2) is 6.29 Å². The molecule has 1 N–H and O–H groups in total. The molecular weight excluding hydrogens is 166 g/mol. The summed E-state index contributed by atoms with van der Waals surface area (Å²) >= 11 is 0. The van der Waals surface area contributed by atoms with E-state index in [4.69, 9.17) is 0 Å². The van der Waals surface area contributed by atoms with Crippen molar-refractivity contribution in [3.05, 3.63) is 36.3 Å². The summed E-state index contributed by atoms with van der Waals surface area (Å²) in [5.74, 6) is 0. The van der Waals surface area contributed by atoms with Crippen molar-refractivity contribution in [2.24, 2.45) is 0 Å². The molecule has 0 atom stereocenters. The summed E-state index contributed by atoms with van der Waals surface area (Å²) in [6, 6.07) is 3.58. The zero-order chi connectivity index (χ0) is 9.10. The highest BCUT2D eigenvalue weighted by Gasteiger charge is 1.99. The number of rotatable bonds is 2. The first-order valence-electron chi connectivity index (χ1n) is 3.80. The maximum atomic E-state index is 10.5. The first-order valence-corrected chi connectivity index (χ1v) is 3.80. The molecule has 0 radical (unpaired) electrons. The van der Waals surface area contributed by atoms with Crippen LogP contribution in [0.3, 0.4) is 0 Å².